The van der Waals surface area contributed by atoms with Crippen LogP contribution in [0.5, 0.6) is 0 Å². The Hall–Kier alpha value is -1.35. The predicted octanol–water partition coefficient (Wildman–Crippen LogP) is 2.46. The maximum absolute atomic E-state index is 12.4. The first-order chi connectivity index (χ1) is 10.3. The molecule has 2 amide bonds. The van der Waals surface area contributed by atoms with Crippen molar-refractivity contribution >= 4 is 17.4 Å². The summed E-state index contributed by atoms with van der Waals surface area (Å²) in [5.41, 5.74) is -0.941. The Kier molecular flexibility index (Phi) is 5.28. The van der Waals surface area contributed by atoms with Crippen molar-refractivity contribution in [1.82, 2.24) is 15.2 Å². The maximum Gasteiger partial charge on any atom is 0.434 e. The maximum atomic E-state index is 12.4. The fourth-order valence-electron chi connectivity index (χ4n) is 2.47. The number of hydrogen-bond donors (Lipinski definition) is 2. The van der Waals surface area contributed by atoms with Gasteiger partial charge in [-0.05, 0) is 12.8 Å². The average molecular weight is 337 g/mol. The number of urea groups is 1. The van der Waals surface area contributed by atoms with Crippen LogP contribution < -0.4 is 5.32 Å². The number of carbonyl (C=O) groups is 1. The molecular formula is C13H18F3N3O2S. The first-order valence-corrected chi connectivity index (χ1v) is 7.84. The van der Waals surface area contributed by atoms with E-state index in [1.54, 1.807) is 7.05 Å². The number of halogens is 3. The lowest BCUT2D eigenvalue weighted by Crippen LogP contribution is -2.40. The van der Waals surface area contributed by atoms with Crippen LogP contribution in [0.2, 0.25) is 0 Å². The van der Waals surface area contributed by atoms with Gasteiger partial charge in [0.15, 0.2) is 5.69 Å². The van der Waals surface area contributed by atoms with E-state index in [4.69, 9.17) is 0 Å². The fourth-order valence-corrected chi connectivity index (χ4v) is 3.21. The number of carbonyl (C=O) groups excluding carboxylic acids is 1. The number of hydrogen-bond acceptors (Lipinski definition) is 4. The van der Waals surface area contributed by atoms with E-state index < -0.39 is 11.9 Å². The summed E-state index contributed by atoms with van der Waals surface area (Å²) in [4.78, 5) is 16.8. The van der Waals surface area contributed by atoms with Gasteiger partial charge in [0.25, 0.3) is 0 Å². The van der Waals surface area contributed by atoms with E-state index in [2.05, 4.69) is 10.3 Å². The van der Waals surface area contributed by atoms with Crippen molar-refractivity contribution < 1.29 is 23.1 Å². The first-order valence-electron chi connectivity index (χ1n) is 6.96. The molecule has 5 nitrogen and oxygen atoms in total. The standard InChI is InChI=1S/C13H18F3N3O2S/c1-19(6-8-3-2-4-9(8)20)12(21)17-5-11-18-10(7-22-11)13(14,15)16/h7-9,20H,2-6H2,1H3,(H,17,21). The topological polar surface area (TPSA) is 65.5 Å². The number of amides is 2. The molecule has 9 heteroatoms. The van der Waals surface area contributed by atoms with Gasteiger partial charge in [-0.2, -0.15) is 13.2 Å². The molecule has 2 N–H and O–H groups in total. The van der Waals surface area contributed by atoms with Crippen LogP contribution in [0, 0.1) is 5.92 Å². The second kappa shape index (κ2) is 6.82. The Morgan fingerprint density at radius 1 is 1.55 bits per heavy atom. The predicted molar refractivity (Wildman–Crippen MR) is 75.3 cm³/mol. The number of rotatable bonds is 4. The highest BCUT2D eigenvalue weighted by Gasteiger charge is 2.33. The van der Waals surface area contributed by atoms with E-state index in [1.807, 2.05) is 0 Å². The summed E-state index contributed by atoms with van der Waals surface area (Å²) in [5, 5.41) is 13.4. The molecule has 2 atom stereocenters. The monoisotopic (exact) mass is 337 g/mol. The van der Waals surface area contributed by atoms with Crippen LogP contribution in [0.3, 0.4) is 0 Å². The second-order valence-electron chi connectivity index (χ2n) is 5.42. The number of nitrogens with one attached hydrogen (secondary N) is 1. The van der Waals surface area contributed by atoms with Gasteiger partial charge in [0.05, 0.1) is 12.6 Å². The molecular weight excluding hydrogens is 319 g/mol. The van der Waals surface area contributed by atoms with Crippen molar-refractivity contribution in [3.05, 3.63) is 16.1 Å². The highest BCUT2D eigenvalue weighted by molar-refractivity contribution is 7.09. The van der Waals surface area contributed by atoms with Crippen molar-refractivity contribution in [2.75, 3.05) is 13.6 Å². The van der Waals surface area contributed by atoms with Crippen LogP contribution in [0.15, 0.2) is 5.38 Å². The van der Waals surface area contributed by atoms with E-state index in [1.165, 1.54) is 4.90 Å². The minimum Gasteiger partial charge on any atom is -0.393 e. The number of aliphatic hydroxyl groups is 1. The van der Waals surface area contributed by atoms with Crippen molar-refractivity contribution in [2.45, 2.75) is 38.1 Å². The minimum atomic E-state index is -4.46. The van der Waals surface area contributed by atoms with Crippen LogP contribution in [0.4, 0.5) is 18.0 Å². The Labute approximate surface area is 130 Å². The summed E-state index contributed by atoms with van der Waals surface area (Å²) in [5.74, 6) is 0.0624. The summed E-state index contributed by atoms with van der Waals surface area (Å²) in [6.07, 6.45) is -2.28. The van der Waals surface area contributed by atoms with Gasteiger partial charge in [0.1, 0.15) is 5.01 Å². The summed E-state index contributed by atoms with van der Waals surface area (Å²) in [6.45, 7) is 0.385. The normalized spacial score (nSPS) is 21.9. The fraction of sp³-hybridized carbons (Fsp3) is 0.692. The summed E-state index contributed by atoms with van der Waals surface area (Å²) >= 11 is 0.859. The molecule has 1 aliphatic carbocycles. The molecule has 0 radical (unpaired) electrons. The van der Waals surface area contributed by atoms with Crippen molar-refractivity contribution in [3.63, 3.8) is 0 Å². The third-order valence-corrected chi connectivity index (χ3v) is 4.56. The Morgan fingerprint density at radius 2 is 2.27 bits per heavy atom. The number of aliphatic hydroxyl groups excluding tert-OH is 1. The molecule has 1 saturated carbocycles. The molecule has 2 rings (SSSR count). The molecule has 0 spiro atoms. The Bertz CT molecular complexity index is 521. The third-order valence-electron chi connectivity index (χ3n) is 3.71. The molecule has 1 aliphatic rings. The smallest absolute Gasteiger partial charge is 0.393 e. The van der Waals surface area contributed by atoms with Gasteiger partial charge in [-0.1, -0.05) is 6.42 Å². The lowest BCUT2D eigenvalue weighted by atomic mass is 10.1. The average Bonchev–Trinajstić information content (AvgIpc) is 3.05. The number of thiazole rings is 1. The zero-order chi connectivity index (χ0) is 16.3. The largest absolute Gasteiger partial charge is 0.434 e. The van der Waals surface area contributed by atoms with Crippen LogP contribution in [-0.4, -0.2) is 40.7 Å². The van der Waals surface area contributed by atoms with Gasteiger partial charge in [0, 0.05) is 24.9 Å². The SMILES string of the molecule is CN(CC1CCCC1O)C(=O)NCc1nc(C(F)(F)F)cs1. The molecule has 22 heavy (non-hydrogen) atoms. The van der Waals surface area contributed by atoms with Crippen LogP contribution in [0.25, 0.3) is 0 Å². The van der Waals surface area contributed by atoms with Crippen molar-refractivity contribution in [2.24, 2.45) is 5.92 Å². The van der Waals surface area contributed by atoms with Gasteiger partial charge < -0.3 is 15.3 Å². The molecule has 1 aromatic rings. The Morgan fingerprint density at radius 3 is 2.82 bits per heavy atom. The van der Waals surface area contributed by atoms with Gasteiger partial charge in [-0.15, -0.1) is 11.3 Å². The summed E-state index contributed by atoms with van der Waals surface area (Å²) < 4.78 is 37.3. The first kappa shape index (κ1) is 17.0. The van der Waals surface area contributed by atoms with Gasteiger partial charge in [-0.3, -0.25) is 0 Å². The highest BCUT2D eigenvalue weighted by atomic mass is 32.1. The van der Waals surface area contributed by atoms with E-state index in [-0.39, 0.29) is 29.6 Å². The zero-order valence-corrected chi connectivity index (χ0v) is 12.9. The molecule has 1 heterocycles. The molecule has 0 aliphatic heterocycles. The summed E-state index contributed by atoms with van der Waals surface area (Å²) in [6, 6.07) is -0.386. The minimum absolute atomic E-state index is 0.0445. The van der Waals surface area contributed by atoms with Crippen LogP contribution in [0.1, 0.15) is 30.0 Å². The van der Waals surface area contributed by atoms with E-state index in [0.29, 0.717) is 6.54 Å². The van der Waals surface area contributed by atoms with Gasteiger partial charge in [0.2, 0.25) is 0 Å². The van der Waals surface area contributed by atoms with Gasteiger partial charge in [-0.25, -0.2) is 9.78 Å². The summed E-state index contributed by atoms with van der Waals surface area (Å²) in [7, 11) is 1.60. The van der Waals surface area contributed by atoms with Crippen LogP contribution in [-0.2, 0) is 12.7 Å². The lowest BCUT2D eigenvalue weighted by molar-refractivity contribution is -0.140. The quantitative estimate of drug-likeness (QED) is 0.887. The van der Waals surface area contributed by atoms with E-state index >= 15 is 0 Å². The molecule has 1 aromatic heterocycles. The highest BCUT2D eigenvalue weighted by Crippen LogP contribution is 2.30. The Balaban J connectivity index is 1.80. The molecule has 124 valence electrons. The van der Waals surface area contributed by atoms with E-state index in [0.717, 1.165) is 36.0 Å². The molecule has 0 bridgehead atoms. The van der Waals surface area contributed by atoms with E-state index in [9.17, 15) is 23.1 Å². The van der Waals surface area contributed by atoms with Crippen molar-refractivity contribution in [3.8, 4) is 0 Å². The van der Waals surface area contributed by atoms with Crippen LogP contribution >= 0.6 is 11.3 Å². The zero-order valence-electron chi connectivity index (χ0n) is 12.1. The third kappa shape index (κ3) is 4.33. The number of aromatic nitrogens is 1. The number of alkyl halides is 3. The second-order valence-corrected chi connectivity index (χ2v) is 6.36. The lowest BCUT2D eigenvalue weighted by Gasteiger charge is -2.23. The molecule has 2 unspecified atom stereocenters. The molecule has 1 fully saturated rings. The number of nitrogens with zero attached hydrogens (tertiary/aromatic N) is 2. The van der Waals surface area contributed by atoms with Gasteiger partial charge >= 0.3 is 12.2 Å². The van der Waals surface area contributed by atoms with Crippen molar-refractivity contribution in [1.29, 1.82) is 0 Å². The molecule has 0 saturated heterocycles. The molecule has 0 aromatic carbocycles.